The number of carbonyl (C=O) groups is 1. The summed E-state index contributed by atoms with van der Waals surface area (Å²) in [6, 6.07) is 0.127. The highest BCUT2D eigenvalue weighted by atomic mass is 16.6. The number of nitrogen functional groups attached to an aromatic ring is 1. The van der Waals surface area contributed by atoms with E-state index in [0.717, 1.165) is 19.3 Å². The molecule has 0 aromatic carbocycles. The minimum Gasteiger partial charge on any atom is -0.379 e. The molecule has 3 N–H and O–H groups in total. The zero-order valence-electron chi connectivity index (χ0n) is 12.0. The van der Waals surface area contributed by atoms with E-state index in [2.05, 4.69) is 48.0 Å². The Bertz CT molecular complexity index is 463. The van der Waals surface area contributed by atoms with E-state index in [-0.39, 0.29) is 34.3 Å². The summed E-state index contributed by atoms with van der Waals surface area (Å²) in [5, 5.41) is 9.94. The highest BCUT2D eigenvalue weighted by molar-refractivity contribution is 5.96. The number of nitrogens with zero attached hydrogens (tertiary/aromatic N) is 2. The molecule has 0 radical (unpaired) electrons. The van der Waals surface area contributed by atoms with E-state index in [1.807, 2.05) is 0 Å². The Hall–Kier alpha value is -1.59. The monoisotopic (exact) mass is 266 g/mol. The van der Waals surface area contributed by atoms with Crippen LogP contribution < -0.4 is 11.1 Å². The predicted molar refractivity (Wildman–Crippen MR) is 71.4 cm³/mol. The van der Waals surface area contributed by atoms with Crippen molar-refractivity contribution in [1.29, 1.82) is 0 Å². The van der Waals surface area contributed by atoms with Gasteiger partial charge < -0.3 is 11.1 Å². The third kappa shape index (κ3) is 3.24. The number of carbonyl (C=O) groups excluding carboxylic acids is 1. The van der Waals surface area contributed by atoms with Gasteiger partial charge >= 0.3 is 0 Å². The highest BCUT2D eigenvalue weighted by Gasteiger charge is 2.39. The lowest BCUT2D eigenvalue weighted by Crippen LogP contribution is -2.46. The smallest absolute Gasteiger partial charge is 0.277 e. The van der Waals surface area contributed by atoms with Crippen LogP contribution in [0.5, 0.6) is 0 Å². The second kappa shape index (κ2) is 4.51. The lowest BCUT2D eigenvalue weighted by atomic mass is 9.63. The molecule has 1 fully saturated rings. The number of hydrogen-bond acceptors (Lipinski definition) is 5. The maximum absolute atomic E-state index is 12.1. The van der Waals surface area contributed by atoms with E-state index in [0.29, 0.717) is 0 Å². The van der Waals surface area contributed by atoms with Crippen molar-refractivity contribution < 1.29 is 9.42 Å². The summed E-state index contributed by atoms with van der Waals surface area (Å²) in [5.41, 5.74) is 6.03. The van der Waals surface area contributed by atoms with Crippen molar-refractivity contribution in [2.75, 3.05) is 5.73 Å². The van der Waals surface area contributed by atoms with Gasteiger partial charge in [-0.2, -0.15) is 0 Å². The summed E-state index contributed by atoms with van der Waals surface area (Å²) >= 11 is 0. The van der Waals surface area contributed by atoms with Gasteiger partial charge in [-0.1, -0.05) is 27.7 Å². The summed E-state index contributed by atoms with van der Waals surface area (Å²) in [4.78, 5) is 12.1. The average Bonchev–Trinajstić information content (AvgIpc) is 2.58. The number of amides is 1. The van der Waals surface area contributed by atoms with E-state index >= 15 is 0 Å². The highest BCUT2D eigenvalue weighted by Crippen LogP contribution is 2.45. The van der Waals surface area contributed by atoms with Crippen LogP contribution in [-0.4, -0.2) is 22.3 Å². The molecule has 6 heteroatoms. The van der Waals surface area contributed by atoms with E-state index in [4.69, 9.17) is 5.73 Å². The lowest BCUT2D eigenvalue weighted by Gasteiger charge is -2.45. The lowest BCUT2D eigenvalue weighted by molar-refractivity contribution is 0.0708. The van der Waals surface area contributed by atoms with Gasteiger partial charge in [-0.05, 0) is 40.4 Å². The fraction of sp³-hybridized carbons (Fsp3) is 0.769. The summed E-state index contributed by atoms with van der Waals surface area (Å²) in [5.74, 6) is -0.274. The largest absolute Gasteiger partial charge is 0.379 e. The third-order valence-corrected chi connectivity index (χ3v) is 3.62. The number of nitrogens with one attached hydrogen (secondary N) is 1. The van der Waals surface area contributed by atoms with Gasteiger partial charge in [0.05, 0.1) is 0 Å². The van der Waals surface area contributed by atoms with Crippen LogP contribution in [0, 0.1) is 10.8 Å². The zero-order chi connectivity index (χ0) is 14.3. The SMILES string of the molecule is CC1(C)CC(NC(=O)c2nonc2N)CC(C)(C)C1. The third-order valence-electron chi connectivity index (χ3n) is 3.62. The Morgan fingerprint density at radius 3 is 2.32 bits per heavy atom. The molecule has 0 spiro atoms. The standard InChI is InChI=1S/C13H22N4O2/c1-12(2)5-8(6-13(3,4)7-12)15-11(18)9-10(14)17-19-16-9/h8H,5-7H2,1-4H3,(H2,14,17)(H,15,18). The van der Waals surface area contributed by atoms with Gasteiger partial charge in [-0.3, -0.25) is 4.79 Å². The van der Waals surface area contributed by atoms with Gasteiger partial charge in [0.1, 0.15) is 0 Å². The van der Waals surface area contributed by atoms with Crippen molar-refractivity contribution in [3.8, 4) is 0 Å². The summed E-state index contributed by atoms with van der Waals surface area (Å²) in [7, 11) is 0. The second-order valence-corrected chi connectivity index (χ2v) is 7.08. The first-order valence-electron chi connectivity index (χ1n) is 6.57. The minimum absolute atomic E-state index is 0.0341. The Morgan fingerprint density at radius 2 is 1.84 bits per heavy atom. The van der Waals surface area contributed by atoms with Crippen LogP contribution in [0.2, 0.25) is 0 Å². The molecule has 0 aliphatic heterocycles. The Kier molecular flexibility index (Phi) is 3.28. The van der Waals surface area contributed by atoms with E-state index in [1.165, 1.54) is 0 Å². The molecule has 1 aliphatic rings. The molecule has 0 unspecified atom stereocenters. The van der Waals surface area contributed by atoms with E-state index < -0.39 is 0 Å². The van der Waals surface area contributed by atoms with Crippen LogP contribution in [0.15, 0.2) is 4.63 Å². The molecule has 6 nitrogen and oxygen atoms in total. The number of aromatic nitrogens is 2. The number of rotatable bonds is 2. The van der Waals surface area contributed by atoms with Crippen molar-refractivity contribution in [3.63, 3.8) is 0 Å². The Labute approximate surface area is 113 Å². The zero-order valence-corrected chi connectivity index (χ0v) is 12.0. The Balaban J connectivity index is 2.07. The van der Waals surface area contributed by atoms with Crippen LogP contribution in [-0.2, 0) is 0 Å². The van der Waals surface area contributed by atoms with Crippen LogP contribution >= 0.6 is 0 Å². The summed E-state index contributed by atoms with van der Waals surface area (Å²) < 4.78 is 4.45. The molecule has 0 atom stereocenters. The van der Waals surface area contributed by atoms with Crippen molar-refractivity contribution in [1.82, 2.24) is 15.6 Å². The average molecular weight is 266 g/mol. The second-order valence-electron chi connectivity index (χ2n) is 7.08. The van der Waals surface area contributed by atoms with Gasteiger partial charge in [0, 0.05) is 6.04 Å². The van der Waals surface area contributed by atoms with Crippen molar-refractivity contribution in [3.05, 3.63) is 5.69 Å². The van der Waals surface area contributed by atoms with Crippen LogP contribution in [0.1, 0.15) is 57.4 Å². The first-order valence-corrected chi connectivity index (χ1v) is 6.57. The molecular weight excluding hydrogens is 244 g/mol. The maximum Gasteiger partial charge on any atom is 0.277 e. The van der Waals surface area contributed by atoms with Gasteiger partial charge in [0.25, 0.3) is 5.91 Å². The van der Waals surface area contributed by atoms with Gasteiger partial charge in [0.2, 0.25) is 11.5 Å². The number of nitrogens with two attached hydrogens (primary N) is 1. The fourth-order valence-corrected chi connectivity index (χ4v) is 3.55. The molecular formula is C13H22N4O2. The molecule has 1 aromatic heterocycles. The molecule has 1 amide bonds. The topological polar surface area (TPSA) is 94.0 Å². The molecule has 0 saturated heterocycles. The summed E-state index contributed by atoms with van der Waals surface area (Å²) in [6.07, 6.45) is 3.06. The predicted octanol–water partition coefficient (Wildman–Crippen LogP) is 1.99. The molecule has 1 aliphatic carbocycles. The molecule has 19 heavy (non-hydrogen) atoms. The first-order chi connectivity index (χ1) is 8.69. The van der Waals surface area contributed by atoms with Crippen molar-refractivity contribution >= 4 is 11.7 Å². The molecule has 0 bridgehead atoms. The van der Waals surface area contributed by atoms with Crippen molar-refractivity contribution in [2.45, 2.75) is 53.0 Å². The normalized spacial score (nSPS) is 22.1. The quantitative estimate of drug-likeness (QED) is 0.853. The Morgan fingerprint density at radius 1 is 1.26 bits per heavy atom. The molecule has 1 saturated carbocycles. The first kappa shape index (κ1) is 13.8. The van der Waals surface area contributed by atoms with Crippen molar-refractivity contribution in [2.24, 2.45) is 10.8 Å². The minimum atomic E-state index is -0.308. The van der Waals surface area contributed by atoms with Crippen LogP contribution in [0.25, 0.3) is 0 Å². The van der Waals surface area contributed by atoms with Crippen LogP contribution in [0.3, 0.4) is 0 Å². The molecule has 106 valence electrons. The maximum atomic E-state index is 12.1. The van der Waals surface area contributed by atoms with Gasteiger partial charge in [0.15, 0.2) is 0 Å². The number of anilines is 1. The molecule has 1 heterocycles. The van der Waals surface area contributed by atoms with Gasteiger partial charge in [-0.15, -0.1) is 0 Å². The van der Waals surface area contributed by atoms with E-state index in [9.17, 15) is 4.79 Å². The molecule has 1 aromatic rings. The van der Waals surface area contributed by atoms with Gasteiger partial charge in [-0.25, -0.2) is 4.63 Å². The number of hydrogen-bond donors (Lipinski definition) is 2. The van der Waals surface area contributed by atoms with E-state index in [1.54, 1.807) is 0 Å². The summed E-state index contributed by atoms with van der Waals surface area (Å²) in [6.45, 7) is 8.94. The van der Waals surface area contributed by atoms with Crippen LogP contribution in [0.4, 0.5) is 5.82 Å². The molecule has 2 rings (SSSR count). The fourth-order valence-electron chi connectivity index (χ4n) is 3.55.